The Morgan fingerprint density at radius 2 is 2.42 bits per heavy atom. The molecule has 1 heterocycles. The van der Waals surface area contributed by atoms with Gasteiger partial charge in [0.25, 0.3) is 5.91 Å². The van der Waals surface area contributed by atoms with Crippen LogP contribution in [0.1, 0.15) is 10.5 Å². The summed E-state index contributed by atoms with van der Waals surface area (Å²) in [6.45, 7) is 0. The second kappa shape index (κ2) is 3.55. The third-order valence-electron chi connectivity index (χ3n) is 1.04. The molecular weight excluding hydrogens is 231 g/mol. The lowest BCUT2D eigenvalue weighted by atomic mass is 10.4. The van der Waals surface area contributed by atoms with E-state index in [4.69, 9.17) is 5.84 Å². The normalized spacial score (nSPS) is 9.58. The summed E-state index contributed by atoms with van der Waals surface area (Å²) in [6, 6.07) is 0. The lowest BCUT2D eigenvalue weighted by Gasteiger charge is -1.98. The molecule has 12 heavy (non-hydrogen) atoms. The first-order chi connectivity index (χ1) is 5.65. The van der Waals surface area contributed by atoms with Gasteiger partial charge < -0.3 is 0 Å². The van der Waals surface area contributed by atoms with Crippen LogP contribution in [-0.2, 0) is 0 Å². The van der Waals surface area contributed by atoms with Gasteiger partial charge in [-0.15, -0.1) is 0 Å². The predicted molar refractivity (Wildman–Crippen MR) is 41.3 cm³/mol. The molecule has 5 nitrogen and oxygen atoms in total. The molecule has 0 unspecified atom stereocenters. The summed E-state index contributed by atoms with van der Waals surface area (Å²) in [4.78, 5) is 17.6. The summed E-state index contributed by atoms with van der Waals surface area (Å²) in [5.74, 6) is 3.00. The molecule has 7 heteroatoms. The van der Waals surface area contributed by atoms with E-state index >= 15 is 0 Å². The SMILES string of the molecule is NNC(=O)c1nc(Br)cnc1F. The number of rotatable bonds is 1. The van der Waals surface area contributed by atoms with Crippen LogP contribution >= 0.6 is 15.9 Å². The Morgan fingerprint density at radius 1 is 1.75 bits per heavy atom. The maximum absolute atomic E-state index is 12.7. The van der Waals surface area contributed by atoms with Crippen molar-refractivity contribution in [1.82, 2.24) is 15.4 Å². The van der Waals surface area contributed by atoms with Gasteiger partial charge in [0.1, 0.15) is 4.60 Å². The number of aromatic nitrogens is 2. The Balaban J connectivity index is 3.13. The molecule has 0 aliphatic heterocycles. The first-order valence-electron chi connectivity index (χ1n) is 2.84. The van der Waals surface area contributed by atoms with Crippen LogP contribution in [-0.4, -0.2) is 15.9 Å². The highest BCUT2D eigenvalue weighted by molar-refractivity contribution is 9.10. The van der Waals surface area contributed by atoms with Crippen molar-refractivity contribution in [2.75, 3.05) is 0 Å². The highest BCUT2D eigenvalue weighted by Crippen LogP contribution is 2.06. The summed E-state index contributed by atoms with van der Waals surface area (Å²) < 4.78 is 13.0. The van der Waals surface area contributed by atoms with Gasteiger partial charge in [0.2, 0.25) is 5.95 Å². The van der Waals surface area contributed by atoms with Crippen molar-refractivity contribution >= 4 is 21.8 Å². The number of halogens is 2. The monoisotopic (exact) mass is 234 g/mol. The lowest BCUT2D eigenvalue weighted by Crippen LogP contribution is -2.31. The molecule has 0 aliphatic carbocycles. The molecule has 0 aliphatic rings. The number of carbonyl (C=O) groups excluding carboxylic acids is 1. The maximum atomic E-state index is 12.7. The quantitative estimate of drug-likeness (QED) is 0.407. The summed E-state index contributed by atoms with van der Waals surface area (Å²) in [6.07, 6.45) is 1.14. The number of nitrogens with one attached hydrogen (secondary N) is 1. The van der Waals surface area contributed by atoms with Crippen LogP contribution in [0.4, 0.5) is 4.39 Å². The lowest BCUT2D eigenvalue weighted by molar-refractivity contribution is 0.0943. The topological polar surface area (TPSA) is 80.9 Å². The summed E-state index contributed by atoms with van der Waals surface area (Å²) in [5, 5.41) is 0. The second-order valence-corrected chi connectivity index (χ2v) is 2.62. The summed E-state index contributed by atoms with van der Waals surface area (Å²) >= 11 is 2.93. The van der Waals surface area contributed by atoms with E-state index < -0.39 is 17.5 Å². The number of hydrogen-bond donors (Lipinski definition) is 2. The smallest absolute Gasteiger partial charge is 0.288 e. The number of nitrogens with zero attached hydrogens (tertiary/aromatic N) is 2. The molecule has 0 bridgehead atoms. The Hall–Kier alpha value is -1.08. The van der Waals surface area contributed by atoms with Crippen molar-refractivity contribution in [3.05, 3.63) is 22.4 Å². The van der Waals surface area contributed by atoms with Gasteiger partial charge in [-0.2, -0.15) is 4.39 Å². The standard InChI is InChI=1S/C5H4BrFN4O/c6-2-1-9-4(7)3(10-2)5(12)11-8/h1H,8H2,(H,11,12). The molecule has 1 aromatic rings. The third-order valence-corrected chi connectivity index (χ3v) is 1.43. The van der Waals surface area contributed by atoms with Crippen LogP contribution in [0.5, 0.6) is 0 Å². The Morgan fingerprint density at radius 3 is 3.00 bits per heavy atom. The first-order valence-corrected chi connectivity index (χ1v) is 3.63. The first kappa shape index (κ1) is 9.01. The van der Waals surface area contributed by atoms with Crippen LogP contribution in [0.15, 0.2) is 10.8 Å². The van der Waals surface area contributed by atoms with Crippen molar-refractivity contribution in [1.29, 1.82) is 0 Å². The molecule has 3 N–H and O–H groups in total. The molecular formula is C5H4BrFN4O. The predicted octanol–water partition coefficient (Wildman–Crippen LogP) is -0.0183. The van der Waals surface area contributed by atoms with Crippen molar-refractivity contribution < 1.29 is 9.18 Å². The van der Waals surface area contributed by atoms with Crippen molar-refractivity contribution in [3.63, 3.8) is 0 Å². The average Bonchev–Trinajstić information content (AvgIpc) is 2.08. The van der Waals surface area contributed by atoms with E-state index in [1.807, 2.05) is 0 Å². The van der Waals surface area contributed by atoms with Gasteiger partial charge in [0, 0.05) is 0 Å². The van der Waals surface area contributed by atoms with Gasteiger partial charge in [0.15, 0.2) is 5.69 Å². The van der Waals surface area contributed by atoms with E-state index in [1.54, 1.807) is 5.43 Å². The molecule has 0 saturated carbocycles. The zero-order valence-corrected chi connectivity index (χ0v) is 7.30. The number of nitrogen functional groups attached to an aromatic ring is 1. The van der Waals surface area contributed by atoms with E-state index in [0.717, 1.165) is 6.20 Å². The number of amides is 1. The zero-order valence-electron chi connectivity index (χ0n) is 5.71. The highest BCUT2D eigenvalue weighted by Gasteiger charge is 2.13. The largest absolute Gasteiger partial charge is 0.289 e. The molecule has 1 aromatic heterocycles. The fourth-order valence-electron chi connectivity index (χ4n) is 0.566. The van der Waals surface area contributed by atoms with E-state index in [9.17, 15) is 9.18 Å². The van der Waals surface area contributed by atoms with Crippen molar-refractivity contribution in [2.45, 2.75) is 0 Å². The summed E-state index contributed by atoms with van der Waals surface area (Å²) in [7, 11) is 0. The van der Waals surface area contributed by atoms with Gasteiger partial charge in [-0.1, -0.05) is 0 Å². The van der Waals surface area contributed by atoms with Gasteiger partial charge in [-0.3, -0.25) is 10.2 Å². The Bertz CT molecular complexity index is 318. The summed E-state index contributed by atoms with van der Waals surface area (Å²) in [5.41, 5.74) is 1.31. The molecule has 0 radical (unpaired) electrons. The molecule has 0 atom stereocenters. The van der Waals surface area contributed by atoms with Crippen LogP contribution in [0, 0.1) is 5.95 Å². The van der Waals surface area contributed by atoms with E-state index in [-0.39, 0.29) is 4.60 Å². The van der Waals surface area contributed by atoms with Gasteiger partial charge in [0.05, 0.1) is 6.20 Å². The Kier molecular flexibility index (Phi) is 2.66. The maximum Gasteiger partial charge on any atom is 0.288 e. The average molecular weight is 235 g/mol. The molecule has 0 fully saturated rings. The number of hydrazine groups is 1. The van der Waals surface area contributed by atoms with Gasteiger partial charge in [-0.05, 0) is 15.9 Å². The minimum absolute atomic E-state index is 0.266. The second-order valence-electron chi connectivity index (χ2n) is 1.81. The zero-order chi connectivity index (χ0) is 9.14. The number of nitrogens with two attached hydrogens (primary N) is 1. The van der Waals surface area contributed by atoms with Crippen LogP contribution in [0.2, 0.25) is 0 Å². The van der Waals surface area contributed by atoms with Crippen LogP contribution in [0.3, 0.4) is 0 Å². The van der Waals surface area contributed by atoms with E-state index in [0.29, 0.717) is 0 Å². The minimum atomic E-state index is -0.957. The molecule has 1 rings (SSSR count). The fraction of sp³-hybridized carbons (Fsp3) is 0. The molecule has 0 spiro atoms. The number of hydrogen-bond acceptors (Lipinski definition) is 4. The van der Waals surface area contributed by atoms with Crippen molar-refractivity contribution in [2.24, 2.45) is 5.84 Å². The number of carbonyl (C=O) groups is 1. The van der Waals surface area contributed by atoms with E-state index in [1.165, 1.54) is 0 Å². The van der Waals surface area contributed by atoms with E-state index in [2.05, 4.69) is 25.9 Å². The molecule has 0 saturated heterocycles. The van der Waals surface area contributed by atoms with Crippen molar-refractivity contribution in [3.8, 4) is 0 Å². The van der Waals surface area contributed by atoms with Crippen LogP contribution in [0.25, 0.3) is 0 Å². The third kappa shape index (κ3) is 1.74. The van der Waals surface area contributed by atoms with Crippen LogP contribution < -0.4 is 11.3 Å². The molecule has 0 aromatic carbocycles. The molecule has 64 valence electrons. The molecule has 1 amide bonds. The van der Waals surface area contributed by atoms with Gasteiger partial charge >= 0.3 is 0 Å². The van der Waals surface area contributed by atoms with Gasteiger partial charge in [-0.25, -0.2) is 15.8 Å². The highest BCUT2D eigenvalue weighted by atomic mass is 79.9. The Labute approximate surface area is 75.3 Å². The fourth-order valence-corrected chi connectivity index (χ4v) is 0.845. The minimum Gasteiger partial charge on any atom is -0.289 e.